The number of ether oxygens (including phenoxy) is 1. The van der Waals surface area contributed by atoms with Crippen molar-refractivity contribution in [3.8, 4) is 29.0 Å². The van der Waals surface area contributed by atoms with Crippen molar-refractivity contribution in [2.24, 2.45) is 11.8 Å². The predicted molar refractivity (Wildman–Crippen MR) is 151 cm³/mol. The van der Waals surface area contributed by atoms with E-state index in [1.165, 1.54) is 0 Å². The van der Waals surface area contributed by atoms with E-state index in [0.29, 0.717) is 62.8 Å². The number of fused-ring (bicyclic) bond motifs is 1. The van der Waals surface area contributed by atoms with Gasteiger partial charge in [-0.2, -0.15) is 5.26 Å². The highest BCUT2D eigenvalue weighted by Crippen LogP contribution is 2.37. The molecule has 1 N–H and O–H groups in total. The number of imidazole rings is 1. The molecule has 1 aromatic carbocycles. The molecular formula is C29H27ClN8O3. The average Bonchev–Trinajstić information content (AvgIpc) is 3.58. The molecule has 0 aliphatic heterocycles. The Morgan fingerprint density at radius 2 is 2.00 bits per heavy atom. The number of nitriles is 1. The molecule has 208 valence electrons. The molecule has 0 radical (unpaired) electrons. The fourth-order valence-corrected chi connectivity index (χ4v) is 5.76. The largest absolute Gasteiger partial charge is 0.439 e. The fraction of sp³-hybridized carbons (Fsp3) is 0.345. The predicted octanol–water partition coefficient (Wildman–Crippen LogP) is 5.32. The topological polar surface area (TPSA) is 148 Å². The van der Waals surface area contributed by atoms with Crippen molar-refractivity contribution in [2.45, 2.75) is 45.3 Å². The SMILES string of the molecule is COC(c1ccccc1C#N)c1nc2nc(-c3noc(=O)[nH]3)nc(-c3cncc(Cl)c3)c2n1CC1CCC(C)CC1. The van der Waals surface area contributed by atoms with Crippen LogP contribution in [0.1, 0.15) is 55.7 Å². The van der Waals surface area contributed by atoms with Crippen molar-refractivity contribution in [1.82, 2.24) is 34.6 Å². The minimum absolute atomic E-state index is 0.0728. The van der Waals surface area contributed by atoms with E-state index in [1.54, 1.807) is 31.6 Å². The van der Waals surface area contributed by atoms with Crippen molar-refractivity contribution in [1.29, 1.82) is 5.26 Å². The summed E-state index contributed by atoms with van der Waals surface area (Å²) in [5.74, 6) is 1.18. The number of methoxy groups -OCH3 is 1. The average molecular weight is 571 g/mol. The van der Waals surface area contributed by atoms with Gasteiger partial charge in [0.15, 0.2) is 5.65 Å². The molecule has 1 unspecified atom stereocenters. The zero-order chi connectivity index (χ0) is 28.5. The molecule has 4 aromatic heterocycles. The molecule has 4 heterocycles. The summed E-state index contributed by atoms with van der Waals surface area (Å²) in [5, 5.41) is 14.1. The van der Waals surface area contributed by atoms with Crippen molar-refractivity contribution in [3.05, 3.63) is 75.3 Å². The molecule has 11 nitrogen and oxygen atoms in total. The second kappa shape index (κ2) is 11.2. The van der Waals surface area contributed by atoms with Gasteiger partial charge in [0.05, 0.1) is 16.7 Å². The second-order valence-electron chi connectivity index (χ2n) is 10.4. The molecule has 5 aromatic rings. The number of benzene rings is 1. The Balaban J connectivity index is 1.63. The first-order chi connectivity index (χ1) is 19.9. The lowest BCUT2D eigenvalue weighted by molar-refractivity contribution is 0.124. The van der Waals surface area contributed by atoms with Gasteiger partial charge in [-0.3, -0.25) is 14.5 Å². The molecule has 41 heavy (non-hydrogen) atoms. The van der Waals surface area contributed by atoms with E-state index < -0.39 is 11.9 Å². The van der Waals surface area contributed by atoms with Crippen molar-refractivity contribution in [3.63, 3.8) is 0 Å². The third-order valence-corrected chi connectivity index (χ3v) is 7.88. The Kier molecular flexibility index (Phi) is 7.34. The molecule has 0 saturated heterocycles. The van der Waals surface area contributed by atoms with E-state index in [-0.39, 0.29) is 11.6 Å². The van der Waals surface area contributed by atoms with Gasteiger partial charge in [0.25, 0.3) is 0 Å². The molecule has 1 aliphatic carbocycles. The summed E-state index contributed by atoms with van der Waals surface area (Å²) < 4.78 is 12.9. The monoisotopic (exact) mass is 570 g/mol. The van der Waals surface area contributed by atoms with E-state index in [2.05, 4.69) is 32.7 Å². The smallest absolute Gasteiger partial charge is 0.369 e. The molecule has 0 spiro atoms. The Bertz CT molecular complexity index is 1810. The summed E-state index contributed by atoms with van der Waals surface area (Å²) in [6.07, 6.45) is 7.04. The number of halogens is 1. The van der Waals surface area contributed by atoms with Crippen LogP contribution < -0.4 is 5.76 Å². The Hall–Kier alpha value is -4.40. The number of rotatable bonds is 7. The lowest BCUT2D eigenvalue weighted by Crippen LogP contribution is -2.21. The van der Waals surface area contributed by atoms with Gasteiger partial charge in [-0.05, 0) is 36.8 Å². The summed E-state index contributed by atoms with van der Waals surface area (Å²) in [6, 6.07) is 11.4. The maximum Gasteiger partial charge on any atom is 0.439 e. The highest BCUT2D eigenvalue weighted by Gasteiger charge is 2.30. The minimum Gasteiger partial charge on any atom is -0.369 e. The molecule has 1 fully saturated rings. The quantitative estimate of drug-likeness (QED) is 0.274. The summed E-state index contributed by atoms with van der Waals surface area (Å²) in [5.41, 5.74) is 3.42. The normalized spacial score (nSPS) is 17.9. The molecule has 0 bridgehead atoms. The van der Waals surface area contributed by atoms with Crippen LogP contribution in [0.4, 0.5) is 0 Å². The standard InChI is InChI=1S/C29H27ClN8O3/c1-16-7-9-17(10-8-16)15-38-23-22(19-11-20(30)14-32-13-19)33-26(27-36-29(39)41-37-27)34-25(23)35-28(38)24(40-2)21-6-4-3-5-18(21)12-31/h3-6,11,13-14,16-17,24H,7-10,15H2,1-2H3,(H,36,37,39). The highest BCUT2D eigenvalue weighted by molar-refractivity contribution is 6.30. The summed E-state index contributed by atoms with van der Waals surface area (Å²) in [4.78, 5) is 33.0. The first-order valence-electron chi connectivity index (χ1n) is 13.4. The van der Waals surface area contributed by atoms with Crippen LogP contribution in [0.2, 0.25) is 5.02 Å². The summed E-state index contributed by atoms with van der Waals surface area (Å²) in [6.45, 7) is 2.96. The molecule has 1 atom stereocenters. The molecule has 6 rings (SSSR count). The molecule has 12 heteroatoms. The summed E-state index contributed by atoms with van der Waals surface area (Å²) >= 11 is 6.35. The van der Waals surface area contributed by atoms with E-state index in [1.807, 2.05) is 18.2 Å². The number of nitrogens with zero attached hydrogens (tertiary/aromatic N) is 7. The van der Waals surface area contributed by atoms with E-state index in [4.69, 9.17) is 35.8 Å². The third kappa shape index (κ3) is 5.24. The zero-order valence-electron chi connectivity index (χ0n) is 22.5. The van der Waals surface area contributed by atoms with E-state index in [0.717, 1.165) is 25.7 Å². The lowest BCUT2D eigenvalue weighted by atomic mass is 9.83. The Labute approximate surface area is 240 Å². The van der Waals surface area contributed by atoms with Crippen LogP contribution in [0, 0.1) is 23.2 Å². The van der Waals surface area contributed by atoms with Gasteiger partial charge in [-0.15, -0.1) is 0 Å². The van der Waals surface area contributed by atoms with Gasteiger partial charge in [0, 0.05) is 37.2 Å². The minimum atomic E-state index is -0.722. The second-order valence-corrected chi connectivity index (χ2v) is 10.9. The maximum atomic E-state index is 11.7. The van der Waals surface area contributed by atoms with Crippen LogP contribution in [0.25, 0.3) is 34.1 Å². The Morgan fingerprint density at radius 1 is 1.20 bits per heavy atom. The third-order valence-electron chi connectivity index (χ3n) is 7.67. The fourth-order valence-electron chi connectivity index (χ4n) is 5.58. The van der Waals surface area contributed by atoms with Crippen LogP contribution in [0.15, 0.2) is 52.0 Å². The highest BCUT2D eigenvalue weighted by atomic mass is 35.5. The van der Waals surface area contributed by atoms with Crippen molar-refractivity contribution in [2.75, 3.05) is 7.11 Å². The molecule has 1 aliphatic rings. The first kappa shape index (κ1) is 26.8. The number of aromatic nitrogens is 7. The number of pyridine rings is 1. The molecular weight excluding hydrogens is 544 g/mol. The number of hydrogen-bond donors (Lipinski definition) is 1. The lowest BCUT2D eigenvalue weighted by Gasteiger charge is -2.28. The number of nitrogens with one attached hydrogen (secondary N) is 1. The van der Waals surface area contributed by atoms with Gasteiger partial charge >= 0.3 is 5.76 Å². The van der Waals surface area contributed by atoms with Gasteiger partial charge in [-0.25, -0.2) is 19.7 Å². The van der Waals surface area contributed by atoms with Crippen LogP contribution in [-0.2, 0) is 11.3 Å². The Morgan fingerprint density at radius 3 is 2.71 bits per heavy atom. The maximum absolute atomic E-state index is 11.7. The van der Waals surface area contributed by atoms with Crippen LogP contribution in [0.3, 0.4) is 0 Å². The van der Waals surface area contributed by atoms with Crippen molar-refractivity contribution < 1.29 is 9.26 Å². The zero-order valence-corrected chi connectivity index (χ0v) is 23.3. The number of aromatic amines is 1. The molecule has 0 amide bonds. The molecule has 1 saturated carbocycles. The first-order valence-corrected chi connectivity index (χ1v) is 13.8. The number of hydrogen-bond acceptors (Lipinski definition) is 9. The van der Waals surface area contributed by atoms with Crippen LogP contribution in [0.5, 0.6) is 0 Å². The van der Waals surface area contributed by atoms with Gasteiger partial charge in [0.1, 0.15) is 23.1 Å². The van der Waals surface area contributed by atoms with E-state index in [9.17, 15) is 10.1 Å². The van der Waals surface area contributed by atoms with Crippen molar-refractivity contribution >= 4 is 22.8 Å². The van der Waals surface area contributed by atoms with E-state index >= 15 is 0 Å². The number of H-pyrrole nitrogens is 1. The van der Waals surface area contributed by atoms with Gasteiger partial charge in [0.2, 0.25) is 11.6 Å². The van der Waals surface area contributed by atoms with Crippen LogP contribution in [-0.4, -0.2) is 41.8 Å². The van der Waals surface area contributed by atoms with Gasteiger partial charge < -0.3 is 9.30 Å². The van der Waals surface area contributed by atoms with Gasteiger partial charge in [-0.1, -0.05) is 54.7 Å². The summed E-state index contributed by atoms with van der Waals surface area (Å²) in [7, 11) is 1.60. The van der Waals surface area contributed by atoms with Crippen LogP contribution >= 0.6 is 11.6 Å².